The molecule has 0 fully saturated rings. The number of hydrogen-bond acceptors (Lipinski definition) is 2. The fraction of sp³-hybridized carbons (Fsp3) is 0.294. The van der Waals surface area contributed by atoms with Crippen molar-refractivity contribution < 1.29 is 9.13 Å². The van der Waals surface area contributed by atoms with Gasteiger partial charge in [0.2, 0.25) is 0 Å². The molecule has 2 rings (SSSR count). The molecular formula is C17H20FNO. The standard InChI is InChI=1S/C17H20FNO/c1-11-5-7-15(16(18)9-11)17(19-3)14-8-6-13(20-4)10-12(14)2/h5-10,17,19H,1-4H3. The lowest BCUT2D eigenvalue weighted by Gasteiger charge is -2.20. The summed E-state index contributed by atoms with van der Waals surface area (Å²) < 4.78 is 19.4. The van der Waals surface area contributed by atoms with Gasteiger partial charge in [-0.15, -0.1) is 0 Å². The maximum Gasteiger partial charge on any atom is 0.128 e. The second-order valence-electron chi connectivity index (χ2n) is 4.97. The summed E-state index contributed by atoms with van der Waals surface area (Å²) in [5.74, 6) is 0.630. The van der Waals surface area contributed by atoms with Crippen molar-refractivity contribution in [2.45, 2.75) is 19.9 Å². The molecule has 1 N–H and O–H groups in total. The van der Waals surface area contributed by atoms with E-state index in [0.29, 0.717) is 5.56 Å². The van der Waals surface area contributed by atoms with Gasteiger partial charge >= 0.3 is 0 Å². The van der Waals surface area contributed by atoms with Crippen LogP contribution in [0.4, 0.5) is 4.39 Å². The highest BCUT2D eigenvalue weighted by Crippen LogP contribution is 2.29. The van der Waals surface area contributed by atoms with E-state index in [2.05, 4.69) is 5.32 Å². The molecule has 0 aromatic heterocycles. The summed E-state index contributed by atoms with van der Waals surface area (Å²) in [5.41, 5.74) is 3.71. The van der Waals surface area contributed by atoms with Crippen LogP contribution in [0.2, 0.25) is 0 Å². The van der Waals surface area contributed by atoms with Gasteiger partial charge in [0.25, 0.3) is 0 Å². The molecule has 1 unspecified atom stereocenters. The maximum atomic E-state index is 14.2. The van der Waals surface area contributed by atoms with E-state index in [1.807, 2.05) is 51.2 Å². The zero-order valence-electron chi connectivity index (χ0n) is 12.3. The van der Waals surface area contributed by atoms with Crippen molar-refractivity contribution in [2.24, 2.45) is 0 Å². The smallest absolute Gasteiger partial charge is 0.128 e. The van der Waals surface area contributed by atoms with Crippen LogP contribution in [0.5, 0.6) is 5.75 Å². The summed E-state index contributed by atoms with van der Waals surface area (Å²) in [5, 5.41) is 3.19. The van der Waals surface area contributed by atoms with Gasteiger partial charge < -0.3 is 10.1 Å². The van der Waals surface area contributed by atoms with E-state index in [9.17, 15) is 4.39 Å². The number of rotatable bonds is 4. The summed E-state index contributed by atoms with van der Waals surface area (Å²) in [4.78, 5) is 0. The van der Waals surface area contributed by atoms with Crippen molar-refractivity contribution in [3.05, 3.63) is 64.5 Å². The molecule has 0 aliphatic rings. The van der Waals surface area contributed by atoms with Crippen LogP contribution in [-0.4, -0.2) is 14.2 Å². The maximum absolute atomic E-state index is 14.2. The summed E-state index contributed by atoms with van der Waals surface area (Å²) in [6.45, 7) is 3.90. The van der Waals surface area contributed by atoms with E-state index in [0.717, 1.165) is 22.4 Å². The second-order valence-corrected chi connectivity index (χ2v) is 4.97. The van der Waals surface area contributed by atoms with Gasteiger partial charge in [0.1, 0.15) is 11.6 Å². The normalized spacial score (nSPS) is 12.2. The first-order valence-corrected chi connectivity index (χ1v) is 6.64. The number of halogens is 1. The molecule has 0 saturated heterocycles. The third-order valence-corrected chi connectivity index (χ3v) is 3.54. The minimum atomic E-state index is -0.181. The van der Waals surface area contributed by atoms with Crippen LogP contribution in [0, 0.1) is 19.7 Å². The van der Waals surface area contributed by atoms with Crippen molar-refractivity contribution >= 4 is 0 Å². The van der Waals surface area contributed by atoms with Gasteiger partial charge in [-0.1, -0.05) is 18.2 Å². The molecule has 20 heavy (non-hydrogen) atoms. The van der Waals surface area contributed by atoms with Gasteiger partial charge in [-0.05, 0) is 55.8 Å². The van der Waals surface area contributed by atoms with E-state index >= 15 is 0 Å². The van der Waals surface area contributed by atoms with Crippen LogP contribution in [0.25, 0.3) is 0 Å². The van der Waals surface area contributed by atoms with Gasteiger partial charge in [0.15, 0.2) is 0 Å². The monoisotopic (exact) mass is 273 g/mol. The van der Waals surface area contributed by atoms with E-state index < -0.39 is 0 Å². The SMILES string of the molecule is CNC(c1ccc(OC)cc1C)c1ccc(C)cc1F. The molecule has 0 aliphatic heterocycles. The highest BCUT2D eigenvalue weighted by molar-refractivity contribution is 5.42. The van der Waals surface area contributed by atoms with E-state index in [4.69, 9.17) is 4.74 Å². The number of hydrogen-bond donors (Lipinski definition) is 1. The molecule has 2 nitrogen and oxygen atoms in total. The lowest BCUT2D eigenvalue weighted by molar-refractivity contribution is 0.414. The van der Waals surface area contributed by atoms with E-state index in [-0.39, 0.29) is 11.9 Å². The predicted octanol–water partition coefficient (Wildman–Crippen LogP) is 3.76. The zero-order valence-corrected chi connectivity index (χ0v) is 12.3. The first kappa shape index (κ1) is 14.5. The number of benzene rings is 2. The van der Waals surface area contributed by atoms with Gasteiger partial charge in [-0.25, -0.2) is 4.39 Å². The molecule has 1 atom stereocenters. The van der Waals surface area contributed by atoms with Crippen molar-refractivity contribution in [3.63, 3.8) is 0 Å². The third kappa shape index (κ3) is 2.83. The number of nitrogens with one attached hydrogen (secondary N) is 1. The summed E-state index contributed by atoms with van der Waals surface area (Å²) in [6.07, 6.45) is 0. The Bertz CT molecular complexity index is 610. The minimum absolute atomic E-state index is 0.165. The van der Waals surface area contributed by atoms with Crippen LogP contribution >= 0.6 is 0 Å². The Labute approximate surface area is 119 Å². The number of ether oxygens (including phenoxy) is 1. The molecule has 0 heterocycles. The summed E-state index contributed by atoms with van der Waals surface area (Å²) in [7, 11) is 3.48. The molecule has 0 aliphatic carbocycles. The Morgan fingerprint density at radius 1 is 1.05 bits per heavy atom. The minimum Gasteiger partial charge on any atom is -0.497 e. The molecule has 106 valence electrons. The molecule has 0 saturated carbocycles. The fourth-order valence-electron chi connectivity index (χ4n) is 2.44. The molecule has 2 aromatic rings. The Morgan fingerprint density at radius 3 is 2.30 bits per heavy atom. The van der Waals surface area contributed by atoms with Gasteiger partial charge in [0.05, 0.1) is 13.2 Å². The highest BCUT2D eigenvalue weighted by Gasteiger charge is 2.18. The average molecular weight is 273 g/mol. The lowest BCUT2D eigenvalue weighted by Crippen LogP contribution is -2.20. The van der Waals surface area contributed by atoms with Crippen molar-refractivity contribution in [1.29, 1.82) is 0 Å². The predicted molar refractivity (Wildman–Crippen MR) is 79.8 cm³/mol. The Hall–Kier alpha value is -1.87. The first-order valence-electron chi connectivity index (χ1n) is 6.64. The van der Waals surface area contributed by atoms with Crippen molar-refractivity contribution in [3.8, 4) is 5.75 Å². The molecule has 0 spiro atoms. The largest absolute Gasteiger partial charge is 0.497 e. The lowest BCUT2D eigenvalue weighted by atomic mass is 9.94. The quantitative estimate of drug-likeness (QED) is 0.915. The number of methoxy groups -OCH3 is 1. The van der Waals surface area contributed by atoms with E-state index in [1.165, 1.54) is 0 Å². The third-order valence-electron chi connectivity index (χ3n) is 3.54. The molecule has 0 radical (unpaired) electrons. The molecule has 3 heteroatoms. The summed E-state index contributed by atoms with van der Waals surface area (Å²) >= 11 is 0. The topological polar surface area (TPSA) is 21.3 Å². The molecule has 2 aromatic carbocycles. The zero-order chi connectivity index (χ0) is 14.7. The molecule has 0 amide bonds. The van der Waals surface area contributed by atoms with Gasteiger partial charge in [0, 0.05) is 5.56 Å². The van der Waals surface area contributed by atoms with Crippen molar-refractivity contribution in [1.82, 2.24) is 5.32 Å². The Balaban J connectivity index is 2.47. The van der Waals surface area contributed by atoms with Crippen LogP contribution in [0.15, 0.2) is 36.4 Å². The highest BCUT2D eigenvalue weighted by atomic mass is 19.1. The summed E-state index contributed by atoms with van der Waals surface area (Å²) in [6, 6.07) is 11.0. The Morgan fingerprint density at radius 2 is 1.75 bits per heavy atom. The van der Waals surface area contributed by atoms with Crippen LogP contribution in [0.1, 0.15) is 28.3 Å². The van der Waals surface area contributed by atoms with Crippen LogP contribution in [-0.2, 0) is 0 Å². The molecule has 0 bridgehead atoms. The van der Waals surface area contributed by atoms with Crippen LogP contribution < -0.4 is 10.1 Å². The second kappa shape index (κ2) is 6.06. The fourth-order valence-corrected chi connectivity index (χ4v) is 2.44. The Kier molecular flexibility index (Phi) is 4.40. The first-order chi connectivity index (χ1) is 9.56. The van der Waals surface area contributed by atoms with Gasteiger partial charge in [-0.3, -0.25) is 0 Å². The van der Waals surface area contributed by atoms with E-state index in [1.54, 1.807) is 13.2 Å². The average Bonchev–Trinajstić information content (AvgIpc) is 2.43. The van der Waals surface area contributed by atoms with Crippen LogP contribution in [0.3, 0.4) is 0 Å². The van der Waals surface area contributed by atoms with Gasteiger partial charge in [-0.2, -0.15) is 0 Å². The number of aryl methyl sites for hydroxylation is 2. The van der Waals surface area contributed by atoms with Crippen molar-refractivity contribution in [2.75, 3.05) is 14.2 Å². The molecular weight excluding hydrogens is 253 g/mol.